The smallest absolute Gasteiger partial charge is 0.359 e. The van der Waals surface area contributed by atoms with E-state index in [1.807, 2.05) is 5.32 Å². The molecule has 3 rings (SSSR count). The molecule has 9 nitrogen and oxygen atoms in total. The molecule has 106 valence electrons. The number of fused-ring (bicyclic) bond motifs is 1. The van der Waals surface area contributed by atoms with Crippen LogP contribution in [0.1, 0.15) is 6.92 Å². The highest BCUT2D eigenvalue weighted by Crippen LogP contribution is 2.33. The Morgan fingerprint density at radius 1 is 1.45 bits per heavy atom. The molecule has 2 fully saturated rings. The van der Waals surface area contributed by atoms with Gasteiger partial charge in [-0.1, -0.05) is 0 Å². The van der Waals surface area contributed by atoms with E-state index in [0.29, 0.717) is 0 Å². The summed E-state index contributed by atoms with van der Waals surface area (Å²) >= 11 is 1.51. The summed E-state index contributed by atoms with van der Waals surface area (Å²) in [5.74, 6) is -1.28. The number of hydrogen-bond acceptors (Lipinski definition) is 7. The lowest BCUT2D eigenvalue weighted by Gasteiger charge is -2.28. The van der Waals surface area contributed by atoms with E-state index < -0.39 is 28.4 Å². The molecule has 0 saturated carbocycles. The highest BCUT2D eigenvalue weighted by atomic mass is 32.2. The van der Waals surface area contributed by atoms with E-state index in [2.05, 4.69) is 20.6 Å². The summed E-state index contributed by atoms with van der Waals surface area (Å²) in [4.78, 5) is 42.1. The number of nitrogens with zero attached hydrogens (tertiary/aromatic N) is 2. The summed E-state index contributed by atoms with van der Waals surface area (Å²) in [6.07, 6.45) is 0. The molecule has 3 heterocycles. The average Bonchev–Trinajstić information content (AvgIpc) is 2.94. The van der Waals surface area contributed by atoms with Crippen molar-refractivity contribution in [3.63, 3.8) is 0 Å². The molecular formula is C10H11N5O4S. The molecule has 0 aliphatic carbocycles. The third-order valence-corrected chi connectivity index (χ3v) is 4.57. The second kappa shape index (κ2) is 4.03. The first-order valence-electron chi connectivity index (χ1n) is 5.83. The number of carboxylic acid groups (broad SMARTS) is 1. The number of hydrogen-bond donors (Lipinski definition) is 4. The first-order chi connectivity index (χ1) is 9.37. The van der Waals surface area contributed by atoms with Gasteiger partial charge in [0.1, 0.15) is 4.87 Å². The molecule has 20 heavy (non-hydrogen) atoms. The number of carbonyl (C=O) groups excluding carboxylic acids is 2. The highest BCUT2D eigenvalue weighted by Gasteiger charge is 2.57. The third-order valence-electron chi connectivity index (χ3n) is 3.26. The first kappa shape index (κ1) is 13.1. The second-order valence-corrected chi connectivity index (χ2v) is 6.14. The zero-order valence-electron chi connectivity index (χ0n) is 10.4. The summed E-state index contributed by atoms with van der Waals surface area (Å²) in [6.45, 7) is 2.53. The lowest BCUT2D eigenvalue weighted by molar-refractivity contribution is -0.142. The van der Waals surface area contributed by atoms with Gasteiger partial charge in [-0.15, -0.1) is 11.8 Å². The molecule has 0 aromatic carbocycles. The Bertz CT molecular complexity index is 594. The van der Waals surface area contributed by atoms with E-state index in [1.165, 1.54) is 11.8 Å². The van der Waals surface area contributed by atoms with Crippen molar-refractivity contribution in [3.8, 4) is 0 Å². The zero-order valence-corrected chi connectivity index (χ0v) is 11.2. The van der Waals surface area contributed by atoms with E-state index in [9.17, 15) is 19.5 Å². The van der Waals surface area contributed by atoms with Crippen molar-refractivity contribution in [3.05, 3.63) is 0 Å². The Kier molecular flexibility index (Phi) is 2.63. The lowest BCUT2D eigenvalue weighted by Crippen LogP contribution is -2.68. The number of carbonyl (C=O) groups is 3. The van der Waals surface area contributed by atoms with E-state index in [1.54, 1.807) is 6.92 Å². The molecule has 2 saturated heterocycles. The number of amides is 3. The molecule has 0 bridgehead atoms. The number of imide groups is 1. The monoisotopic (exact) mass is 297 g/mol. The van der Waals surface area contributed by atoms with Crippen molar-refractivity contribution in [2.24, 2.45) is 9.98 Å². The SMILES string of the molecule is CC1(C2=NC3(C(=O)O)NC(=O)NC(=O)C3=N2)NCCS1. The molecule has 0 aromatic heterocycles. The Morgan fingerprint density at radius 2 is 2.20 bits per heavy atom. The van der Waals surface area contributed by atoms with E-state index in [0.717, 1.165) is 12.3 Å². The van der Waals surface area contributed by atoms with Gasteiger partial charge in [0.15, 0.2) is 11.5 Å². The van der Waals surface area contributed by atoms with Crippen molar-refractivity contribution >= 4 is 41.2 Å². The number of thioether (sulfide) groups is 1. The fraction of sp³-hybridized carbons (Fsp3) is 0.500. The largest absolute Gasteiger partial charge is 0.478 e. The van der Waals surface area contributed by atoms with Crippen LogP contribution in [0.2, 0.25) is 0 Å². The topological polar surface area (TPSA) is 132 Å². The Morgan fingerprint density at radius 3 is 2.80 bits per heavy atom. The predicted molar refractivity (Wildman–Crippen MR) is 70.8 cm³/mol. The maximum atomic E-state index is 11.8. The lowest BCUT2D eigenvalue weighted by atomic mass is 10.0. The molecule has 3 aliphatic heterocycles. The van der Waals surface area contributed by atoms with Gasteiger partial charge in [-0.05, 0) is 6.92 Å². The summed E-state index contributed by atoms with van der Waals surface area (Å²) < 4.78 is 0. The Balaban J connectivity index is 2.10. The van der Waals surface area contributed by atoms with Crippen LogP contribution in [-0.2, 0) is 9.59 Å². The third kappa shape index (κ3) is 1.64. The van der Waals surface area contributed by atoms with Crippen LogP contribution in [0.4, 0.5) is 4.79 Å². The molecule has 4 N–H and O–H groups in total. The number of amidine groups is 1. The van der Waals surface area contributed by atoms with E-state index in [-0.39, 0.29) is 11.5 Å². The van der Waals surface area contributed by atoms with Crippen LogP contribution in [0.25, 0.3) is 0 Å². The van der Waals surface area contributed by atoms with Gasteiger partial charge in [0.25, 0.3) is 11.6 Å². The Labute approximate surface area is 117 Å². The minimum atomic E-state index is -2.12. The quantitative estimate of drug-likeness (QED) is 0.491. The first-order valence-corrected chi connectivity index (χ1v) is 6.81. The van der Waals surface area contributed by atoms with Gasteiger partial charge < -0.3 is 5.11 Å². The number of rotatable bonds is 2. The number of carboxylic acids is 1. The van der Waals surface area contributed by atoms with Gasteiger partial charge in [-0.2, -0.15) is 0 Å². The molecule has 2 unspecified atom stereocenters. The summed E-state index contributed by atoms with van der Waals surface area (Å²) in [5, 5.41) is 16.7. The number of nitrogens with one attached hydrogen (secondary N) is 3. The predicted octanol–water partition coefficient (Wildman–Crippen LogP) is -1.49. The molecule has 0 aromatic rings. The van der Waals surface area contributed by atoms with Crippen molar-refractivity contribution < 1.29 is 19.5 Å². The number of aliphatic carboxylic acids is 1. The van der Waals surface area contributed by atoms with Crippen LogP contribution in [0.5, 0.6) is 0 Å². The molecular weight excluding hydrogens is 286 g/mol. The maximum absolute atomic E-state index is 11.8. The van der Waals surface area contributed by atoms with E-state index >= 15 is 0 Å². The molecule has 3 amide bonds. The zero-order chi connectivity index (χ0) is 14.5. The molecule has 2 atom stereocenters. The van der Waals surface area contributed by atoms with Crippen LogP contribution >= 0.6 is 11.8 Å². The van der Waals surface area contributed by atoms with Crippen LogP contribution in [0.15, 0.2) is 9.98 Å². The minimum absolute atomic E-state index is 0.190. The van der Waals surface area contributed by atoms with Gasteiger partial charge >= 0.3 is 12.0 Å². The van der Waals surface area contributed by atoms with Crippen molar-refractivity contribution in [2.75, 3.05) is 12.3 Å². The van der Waals surface area contributed by atoms with Crippen LogP contribution in [0.3, 0.4) is 0 Å². The fourth-order valence-electron chi connectivity index (χ4n) is 2.24. The average molecular weight is 297 g/mol. The van der Waals surface area contributed by atoms with Gasteiger partial charge in [0.05, 0.1) is 0 Å². The standard InChI is InChI=1S/C10H11N5O4S/c1-9(11-2-3-20-9)6-12-4-5(16)13-8(19)15-10(4,14-6)7(17)18/h11H,2-3H2,1H3,(H,17,18)(H2,13,15,16,19). The Hall–Kier alpha value is -1.94. The van der Waals surface area contributed by atoms with Crippen molar-refractivity contribution in [1.82, 2.24) is 16.0 Å². The second-order valence-electron chi connectivity index (χ2n) is 4.63. The van der Waals surface area contributed by atoms with Crippen LogP contribution < -0.4 is 16.0 Å². The van der Waals surface area contributed by atoms with Gasteiger partial charge in [-0.25, -0.2) is 19.6 Å². The molecule has 10 heteroatoms. The minimum Gasteiger partial charge on any atom is -0.478 e. The van der Waals surface area contributed by atoms with Gasteiger partial charge in [0.2, 0.25) is 0 Å². The maximum Gasteiger partial charge on any atom is 0.359 e. The van der Waals surface area contributed by atoms with Crippen LogP contribution in [0, 0.1) is 0 Å². The fourth-order valence-corrected chi connectivity index (χ4v) is 3.28. The summed E-state index contributed by atoms with van der Waals surface area (Å²) in [5.41, 5.74) is -2.45. The van der Waals surface area contributed by atoms with E-state index in [4.69, 9.17) is 0 Å². The summed E-state index contributed by atoms with van der Waals surface area (Å²) in [6, 6.07) is -0.904. The van der Waals surface area contributed by atoms with Crippen molar-refractivity contribution in [1.29, 1.82) is 0 Å². The van der Waals surface area contributed by atoms with Gasteiger partial charge in [0, 0.05) is 12.3 Å². The highest BCUT2D eigenvalue weighted by molar-refractivity contribution is 8.01. The van der Waals surface area contributed by atoms with Crippen LogP contribution in [-0.4, -0.2) is 57.4 Å². The van der Waals surface area contributed by atoms with Gasteiger partial charge in [-0.3, -0.25) is 20.7 Å². The molecule has 0 spiro atoms. The number of urea groups is 1. The summed E-state index contributed by atoms with van der Waals surface area (Å²) in [7, 11) is 0. The number of aliphatic imine (C=N–C) groups is 2. The van der Waals surface area contributed by atoms with Crippen molar-refractivity contribution in [2.45, 2.75) is 17.5 Å². The molecule has 0 radical (unpaired) electrons. The normalized spacial score (nSPS) is 35.9. The molecule has 3 aliphatic rings.